The number of hydrogen-bond donors (Lipinski definition) is 0. The Balaban J connectivity index is 2.02. The summed E-state index contributed by atoms with van der Waals surface area (Å²) in [5.41, 5.74) is 1.24. The van der Waals surface area contributed by atoms with E-state index in [2.05, 4.69) is 34.0 Å². The summed E-state index contributed by atoms with van der Waals surface area (Å²) in [6.07, 6.45) is 4.10. The van der Waals surface area contributed by atoms with Crippen molar-refractivity contribution >= 4 is 10.9 Å². The second kappa shape index (κ2) is 3.66. The Bertz CT molecular complexity index is 457. The summed E-state index contributed by atoms with van der Waals surface area (Å²) in [6, 6.07) is 8.88. The van der Waals surface area contributed by atoms with Crippen LogP contribution in [0.3, 0.4) is 0 Å². The highest BCUT2D eigenvalue weighted by molar-refractivity contribution is 5.78. The zero-order valence-corrected chi connectivity index (χ0v) is 8.60. The summed E-state index contributed by atoms with van der Waals surface area (Å²) in [4.78, 5) is 0. The van der Waals surface area contributed by atoms with Crippen molar-refractivity contribution < 1.29 is 4.74 Å². The van der Waals surface area contributed by atoms with Crippen LogP contribution in [-0.2, 0) is 4.74 Å². The number of nitrogens with zero attached hydrogens (tertiary/aromatic N) is 2. The van der Waals surface area contributed by atoms with Crippen LogP contribution in [0.4, 0.5) is 0 Å². The van der Waals surface area contributed by atoms with Crippen LogP contribution in [0.25, 0.3) is 10.9 Å². The Morgan fingerprint density at radius 1 is 1.20 bits per heavy atom. The molecular weight excluding hydrogens is 188 g/mol. The van der Waals surface area contributed by atoms with Gasteiger partial charge in [0.15, 0.2) is 0 Å². The van der Waals surface area contributed by atoms with Gasteiger partial charge in [-0.05, 0) is 18.9 Å². The molecule has 3 heteroatoms. The van der Waals surface area contributed by atoms with Crippen LogP contribution in [-0.4, -0.2) is 23.0 Å². The van der Waals surface area contributed by atoms with Crippen LogP contribution in [0, 0.1) is 0 Å². The Morgan fingerprint density at radius 3 is 2.87 bits per heavy atom. The van der Waals surface area contributed by atoms with Gasteiger partial charge in [-0.25, -0.2) is 0 Å². The predicted molar refractivity (Wildman–Crippen MR) is 58.8 cm³/mol. The molecule has 0 spiro atoms. The molecule has 0 amide bonds. The van der Waals surface area contributed by atoms with E-state index in [1.807, 2.05) is 6.20 Å². The quantitative estimate of drug-likeness (QED) is 0.710. The fourth-order valence-corrected chi connectivity index (χ4v) is 2.21. The van der Waals surface area contributed by atoms with Gasteiger partial charge in [-0.3, -0.25) is 4.68 Å². The fraction of sp³-hybridized carbons (Fsp3) is 0.417. The molecular formula is C12H14N2O. The van der Waals surface area contributed by atoms with Crippen molar-refractivity contribution in [2.75, 3.05) is 13.2 Å². The van der Waals surface area contributed by atoms with Gasteiger partial charge < -0.3 is 4.74 Å². The molecule has 78 valence electrons. The third-order valence-electron chi connectivity index (χ3n) is 3.04. The number of ether oxygens (including phenoxy) is 1. The summed E-state index contributed by atoms with van der Waals surface area (Å²) in [5, 5.41) is 5.71. The number of rotatable bonds is 1. The monoisotopic (exact) mass is 202 g/mol. The van der Waals surface area contributed by atoms with E-state index in [1.54, 1.807) is 0 Å². The van der Waals surface area contributed by atoms with Gasteiger partial charge in [0.1, 0.15) is 0 Å². The number of fused-ring (bicyclic) bond motifs is 1. The lowest BCUT2D eigenvalue weighted by atomic mass is 10.1. The Morgan fingerprint density at radius 2 is 2.00 bits per heavy atom. The van der Waals surface area contributed by atoms with Crippen molar-refractivity contribution in [1.29, 1.82) is 0 Å². The molecule has 0 aliphatic carbocycles. The Kier molecular flexibility index (Phi) is 2.18. The van der Waals surface area contributed by atoms with Crippen molar-refractivity contribution in [3.05, 3.63) is 30.5 Å². The molecule has 2 aromatic rings. The van der Waals surface area contributed by atoms with Crippen molar-refractivity contribution in [3.63, 3.8) is 0 Å². The molecule has 1 aromatic heterocycles. The lowest BCUT2D eigenvalue weighted by Crippen LogP contribution is -2.20. The van der Waals surface area contributed by atoms with Crippen molar-refractivity contribution in [1.82, 2.24) is 9.78 Å². The highest BCUT2D eigenvalue weighted by Crippen LogP contribution is 2.24. The average molecular weight is 202 g/mol. The molecule has 0 radical (unpaired) electrons. The number of hydrogen-bond acceptors (Lipinski definition) is 2. The molecule has 1 aliphatic heterocycles. The van der Waals surface area contributed by atoms with Gasteiger partial charge in [0, 0.05) is 18.6 Å². The van der Waals surface area contributed by atoms with Crippen LogP contribution < -0.4 is 0 Å². The zero-order chi connectivity index (χ0) is 10.1. The average Bonchev–Trinajstić information content (AvgIpc) is 2.74. The van der Waals surface area contributed by atoms with Gasteiger partial charge in [-0.15, -0.1) is 0 Å². The van der Waals surface area contributed by atoms with Crippen LogP contribution in [0.2, 0.25) is 0 Å². The Labute approximate surface area is 88.7 Å². The third-order valence-corrected chi connectivity index (χ3v) is 3.04. The minimum Gasteiger partial charge on any atom is -0.381 e. The van der Waals surface area contributed by atoms with Gasteiger partial charge in [0.25, 0.3) is 0 Å². The first-order valence-electron chi connectivity index (χ1n) is 5.45. The lowest BCUT2D eigenvalue weighted by Gasteiger charge is -2.23. The molecule has 3 nitrogen and oxygen atoms in total. The van der Waals surface area contributed by atoms with Crippen LogP contribution in [0.15, 0.2) is 30.5 Å². The number of para-hydroxylation sites is 1. The van der Waals surface area contributed by atoms with E-state index in [4.69, 9.17) is 4.74 Å². The molecule has 0 unspecified atom stereocenters. The highest BCUT2D eigenvalue weighted by Gasteiger charge is 2.17. The van der Waals surface area contributed by atoms with E-state index in [9.17, 15) is 0 Å². The van der Waals surface area contributed by atoms with Crippen LogP contribution in [0.1, 0.15) is 18.9 Å². The summed E-state index contributed by atoms with van der Waals surface area (Å²) < 4.78 is 7.52. The Hall–Kier alpha value is -1.35. The maximum atomic E-state index is 5.37. The first-order valence-corrected chi connectivity index (χ1v) is 5.45. The lowest BCUT2D eigenvalue weighted by molar-refractivity contribution is 0.0675. The number of benzene rings is 1. The van der Waals surface area contributed by atoms with E-state index in [-0.39, 0.29) is 0 Å². The van der Waals surface area contributed by atoms with E-state index in [0.717, 1.165) is 26.1 Å². The van der Waals surface area contributed by atoms with E-state index in [0.29, 0.717) is 6.04 Å². The summed E-state index contributed by atoms with van der Waals surface area (Å²) >= 11 is 0. The van der Waals surface area contributed by atoms with Gasteiger partial charge in [-0.2, -0.15) is 5.10 Å². The van der Waals surface area contributed by atoms with Crippen molar-refractivity contribution in [2.45, 2.75) is 18.9 Å². The largest absolute Gasteiger partial charge is 0.381 e. The normalized spacial score (nSPS) is 18.4. The molecule has 0 atom stereocenters. The SMILES string of the molecule is c1ccc2c(c1)cnn2C1CCOCC1. The van der Waals surface area contributed by atoms with E-state index >= 15 is 0 Å². The summed E-state index contributed by atoms with van der Waals surface area (Å²) in [5.74, 6) is 0. The topological polar surface area (TPSA) is 27.1 Å². The van der Waals surface area contributed by atoms with Crippen molar-refractivity contribution in [3.8, 4) is 0 Å². The van der Waals surface area contributed by atoms with E-state index < -0.39 is 0 Å². The molecule has 0 N–H and O–H groups in total. The zero-order valence-electron chi connectivity index (χ0n) is 8.60. The summed E-state index contributed by atoms with van der Waals surface area (Å²) in [7, 11) is 0. The van der Waals surface area contributed by atoms with Gasteiger partial charge in [-0.1, -0.05) is 18.2 Å². The molecule has 2 heterocycles. The molecule has 3 rings (SSSR count). The minimum absolute atomic E-state index is 0.513. The predicted octanol–water partition coefficient (Wildman–Crippen LogP) is 2.39. The van der Waals surface area contributed by atoms with Crippen molar-refractivity contribution in [2.24, 2.45) is 0 Å². The molecule has 1 fully saturated rings. The maximum absolute atomic E-state index is 5.37. The highest BCUT2D eigenvalue weighted by atomic mass is 16.5. The second-order valence-electron chi connectivity index (χ2n) is 3.99. The molecule has 1 aliphatic rings. The van der Waals surface area contributed by atoms with E-state index in [1.165, 1.54) is 10.9 Å². The molecule has 0 saturated carbocycles. The van der Waals surface area contributed by atoms with Gasteiger partial charge in [0.2, 0.25) is 0 Å². The maximum Gasteiger partial charge on any atom is 0.0685 e. The molecule has 1 aromatic carbocycles. The molecule has 0 bridgehead atoms. The first kappa shape index (κ1) is 8.92. The molecule has 1 saturated heterocycles. The minimum atomic E-state index is 0.513. The fourth-order valence-electron chi connectivity index (χ4n) is 2.21. The van der Waals surface area contributed by atoms with Gasteiger partial charge >= 0.3 is 0 Å². The first-order chi connectivity index (χ1) is 7.45. The third kappa shape index (κ3) is 1.53. The standard InChI is InChI=1S/C12H14N2O/c1-2-4-12-10(3-1)9-13-14(12)11-5-7-15-8-6-11/h1-4,9,11H,5-8H2. The van der Waals surface area contributed by atoms with Crippen LogP contribution >= 0.6 is 0 Å². The molecule has 15 heavy (non-hydrogen) atoms. The summed E-state index contributed by atoms with van der Waals surface area (Å²) in [6.45, 7) is 1.72. The second-order valence-corrected chi connectivity index (χ2v) is 3.99. The smallest absolute Gasteiger partial charge is 0.0685 e. The van der Waals surface area contributed by atoms with Crippen LogP contribution in [0.5, 0.6) is 0 Å². The van der Waals surface area contributed by atoms with Gasteiger partial charge in [0.05, 0.1) is 17.8 Å². The number of aromatic nitrogens is 2.